The lowest BCUT2D eigenvalue weighted by molar-refractivity contribution is 0.0967. The standard InChI is InChI=1S/C17H23NO/c1-12(2)11-18-9-3-4-13-5-8-15(10-16(13)18)17(19)14-6-7-14/h5,8,10,12,14H,3-4,6-7,9,11H2,1-2H3. The molecule has 0 unspecified atom stereocenters. The molecule has 0 spiro atoms. The Morgan fingerprint density at radius 1 is 1.37 bits per heavy atom. The zero-order valence-corrected chi connectivity index (χ0v) is 12.0. The number of carbonyl (C=O) groups excluding carboxylic acids is 1. The number of ketones is 1. The number of nitrogens with zero attached hydrogens (tertiary/aromatic N) is 1. The average Bonchev–Trinajstić information content (AvgIpc) is 3.21. The van der Waals surface area contributed by atoms with Crippen LogP contribution in [0.4, 0.5) is 5.69 Å². The van der Waals surface area contributed by atoms with Gasteiger partial charge in [0.05, 0.1) is 0 Å². The summed E-state index contributed by atoms with van der Waals surface area (Å²) in [5.41, 5.74) is 3.66. The minimum atomic E-state index is 0.320. The summed E-state index contributed by atoms with van der Waals surface area (Å²) in [4.78, 5) is 14.7. The topological polar surface area (TPSA) is 20.3 Å². The van der Waals surface area contributed by atoms with Gasteiger partial charge >= 0.3 is 0 Å². The third-order valence-corrected chi connectivity index (χ3v) is 4.12. The highest BCUT2D eigenvalue weighted by molar-refractivity contribution is 6.00. The van der Waals surface area contributed by atoms with Gasteiger partial charge in [-0.25, -0.2) is 0 Å². The molecule has 2 nitrogen and oxygen atoms in total. The van der Waals surface area contributed by atoms with Crippen LogP contribution in [0, 0.1) is 11.8 Å². The van der Waals surface area contributed by atoms with Crippen molar-refractivity contribution in [2.75, 3.05) is 18.0 Å². The highest BCUT2D eigenvalue weighted by Gasteiger charge is 2.31. The first-order chi connectivity index (χ1) is 9.15. The Balaban J connectivity index is 1.89. The van der Waals surface area contributed by atoms with E-state index >= 15 is 0 Å². The van der Waals surface area contributed by atoms with Crippen molar-refractivity contribution in [1.82, 2.24) is 0 Å². The summed E-state index contributed by atoms with van der Waals surface area (Å²) in [5.74, 6) is 1.34. The fraction of sp³-hybridized carbons (Fsp3) is 0.588. The van der Waals surface area contributed by atoms with Crippen LogP contribution in [0.3, 0.4) is 0 Å². The smallest absolute Gasteiger partial charge is 0.166 e. The van der Waals surface area contributed by atoms with E-state index in [2.05, 4.69) is 30.9 Å². The van der Waals surface area contributed by atoms with E-state index in [1.807, 2.05) is 6.07 Å². The van der Waals surface area contributed by atoms with Gasteiger partial charge in [0.15, 0.2) is 5.78 Å². The molecule has 0 N–H and O–H groups in total. The molecule has 1 aromatic carbocycles. The second kappa shape index (κ2) is 4.99. The molecular formula is C17H23NO. The summed E-state index contributed by atoms with van der Waals surface area (Å²) in [6.07, 6.45) is 4.56. The first-order valence-electron chi connectivity index (χ1n) is 7.57. The zero-order chi connectivity index (χ0) is 13.4. The Kier molecular flexibility index (Phi) is 3.34. The number of hydrogen-bond donors (Lipinski definition) is 0. The molecular weight excluding hydrogens is 234 g/mol. The molecule has 2 heteroatoms. The number of anilines is 1. The van der Waals surface area contributed by atoms with E-state index in [-0.39, 0.29) is 0 Å². The quantitative estimate of drug-likeness (QED) is 0.767. The number of carbonyl (C=O) groups is 1. The van der Waals surface area contributed by atoms with Crippen LogP contribution in [0.2, 0.25) is 0 Å². The Morgan fingerprint density at radius 3 is 2.84 bits per heavy atom. The number of aryl methyl sites for hydroxylation is 1. The summed E-state index contributed by atoms with van der Waals surface area (Å²) >= 11 is 0. The second-order valence-corrected chi connectivity index (χ2v) is 6.43. The lowest BCUT2D eigenvalue weighted by atomic mass is 9.96. The van der Waals surface area contributed by atoms with E-state index in [0.717, 1.165) is 37.9 Å². The SMILES string of the molecule is CC(C)CN1CCCc2ccc(C(=O)C3CC3)cc21. The van der Waals surface area contributed by atoms with Crippen LogP contribution in [0.25, 0.3) is 0 Å². The van der Waals surface area contributed by atoms with Gasteiger partial charge in [0, 0.05) is 30.3 Å². The predicted octanol–water partition coefficient (Wildman–Crippen LogP) is 3.69. The maximum Gasteiger partial charge on any atom is 0.166 e. The summed E-state index contributed by atoms with van der Waals surface area (Å²) in [6.45, 7) is 6.74. The lowest BCUT2D eigenvalue weighted by Gasteiger charge is -2.33. The molecule has 3 rings (SSSR count). The normalized spacial score (nSPS) is 18.6. The third kappa shape index (κ3) is 2.68. The van der Waals surface area contributed by atoms with Crippen LogP contribution in [0.5, 0.6) is 0 Å². The van der Waals surface area contributed by atoms with Crippen LogP contribution >= 0.6 is 0 Å². The molecule has 1 heterocycles. The molecule has 0 aromatic heterocycles. The molecule has 0 bridgehead atoms. The Morgan fingerprint density at radius 2 is 2.16 bits per heavy atom. The predicted molar refractivity (Wildman–Crippen MR) is 78.9 cm³/mol. The van der Waals surface area contributed by atoms with Crippen molar-refractivity contribution in [1.29, 1.82) is 0 Å². The van der Waals surface area contributed by atoms with Crippen LogP contribution in [0.1, 0.15) is 49.0 Å². The van der Waals surface area contributed by atoms with Gasteiger partial charge in [-0.3, -0.25) is 4.79 Å². The largest absolute Gasteiger partial charge is 0.371 e. The van der Waals surface area contributed by atoms with Crippen LogP contribution < -0.4 is 4.90 Å². The Hall–Kier alpha value is -1.31. The highest BCUT2D eigenvalue weighted by Crippen LogP contribution is 2.35. The van der Waals surface area contributed by atoms with Gasteiger partial charge in [-0.05, 0) is 43.2 Å². The first-order valence-corrected chi connectivity index (χ1v) is 7.57. The van der Waals surface area contributed by atoms with Gasteiger partial charge in [-0.2, -0.15) is 0 Å². The second-order valence-electron chi connectivity index (χ2n) is 6.43. The number of hydrogen-bond acceptors (Lipinski definition) is 2. The lowest BCUT2D eigenvalue weighted by Crippen LogP contribution is -2.32. The molecule has 1 aliphatic heterocycles. The van der Waals surface area contributed by atoms with Gasteiger partial charge in [-0.15, -0.1) is 0 Å². The maximum absolute atomic E-state index is 12.2. The van der Waals surface area contributed by atoms with E-state index in [1.165, 1.54) is 17.7 Å². The van der Waals surface area contributed by atoms with Crippen molar-refractivity contribution < 1.29 is 4.79 Å². The molecule has 19 heavy (non-hydrogen) atoms. The molecule has 0 atom stereocenters. The number of benzene rings is 1. The van der Waals surface area contributed by atoms with Gasteiger partial charge < -0.3 is 4.90 Å². The zero-order valence-electron chi connectivity index (χ0n) is 12.0. The van der Waals surface area contributed by atoms with Gasteiger partial charge in [0.1, 0.15) is 0 Å². The molecule has 1 aliphatic carbocycles. The third-order valence-electron chi connectivity index (χ3n) is 4.12. The van der Waals surface area contributed by atoms with E-state index in [1.54, 1.807) is 0 Å². The summed E-state index contributed by atoms with van der Waals surface area (Å²) in [6, 6.07) is 6.37. The van der Waals surface area contributed by atoms with E-state index < -0.39 is 0 Å². The molecule has 0 radical (unpaired) electrons. The van der Waals surface area contributed by atoms with E-state index in [4.69, 9.17) is 0 Å². The number of rotatable bonds is 4. The highest BCUT2D eigenvalue weighted by atomic mass is 16.1. The van der Waals surface area contributed by atoms with E-state index in [0.29, 0.717) is 17.6 Å². The average molecular weight is 257 g/mol. The minimum absolute atomic E-state index is 0.320. The minimum Gasteiger partial charge on any atom is -0.371 e. The Labute approximate surface area is 115 Å². The molecule has 1 aromatic rings. The molecule has 102 valence electrons. The maximum atomic E-state index is 12.2. The molecule has 0 saturated heterocycles. The number of fused-ring (bicyclic) bond motifs is 1. The van der Waals surface area contributed by atoms with Gasteiger partial charge in [0.2, 0.25) is 0 Å². The molecule has 0 amide bonds. The fourth-order valence-corrected chi connectivity index (χ4v) is 3.02. The van der Waals surface area contributed by atoms with Crippen molar-refractivity contribution in [2.24, 2.45) is 11.8 Å². The summed E-state index contributed by atoms with van der Waals surface area (Å²) < 4.78 is 0. The van der Waals surface area contributed by atoms with Crippen molar-refractivity contribution >= 4 is 11.5 Å². The van der Waals surface area contributed by atoms with Gasteiger partial charge in [-0.1, -0.05) is 26.0 Å². The van der Waals surface area contributed by atoms with E-state index in [9.17, 15) is 4.79 Å². The van der Waals surface area contributed by atoms with Crippen LogP contribution in [-0.4, -0.2) is 18.9 Å². The number of Topliss-reactive ketones (excluding diaryl/α,β-unsaturated/α-hetero) is 1. The molecule has 2 aliphatic rings. The summed E-state index contributed by atoms with van der Waals surface area (Å²) in [5, 5.41) is 0. The molecule has 1 fully saturated rings. The fourth-order valence-electron chi connectivity index (χ4n) is 3.02. The van der Waals surface area contributed by atoms with Crippen molar-refractivity contribution in [3.63, 3.8) is 0 Å². The first kappa shape index (κ1) is 12.7. The van der Waals surface area contributed by atoms with Crippen LogP contribution in [-0.2, 0) is 6.42 Å². The summed E-state index contributed by atoms with van der Waals surface area (Å²) in [7, 11) is 0. The molecule has 1 saturated carbocycles. The van der Waals surface area contributed by atoms with Crippen LogP contribution in [0.15, 0.2) is 18.2 Å². The van der Waals surface area contributed by atoms with Crippen molar-refractivity contribution in [2.45, 2.75) is 39.5 Å². The Bertz CT molecular complexity index is 488. The van der Waals surface area contributed by atoms with Gasteiger partial charge in [0.25, 0.3) is 0 Å². The van der Waals surface area contributed by atoms with Crippen molar-refractivity contribution in [3.8, 4) is 0 Å². The van der Waals surface area contributed by atoms with Crippen molar-refractivity contribution in [3.05, 3.63) is 29.3 Å². The monoisotopic (exact) mass is 257 g/mol.